The minimum absolute atomic E-state index is 0.184. The Hall–Kier alpha value is -1.66. The average Bonchev–Trinajstić information content (AvgIpc) is 3.03. The Labute approximate surface area is 157 Å². The van der Waals surface area contributed by atoms with Gasteiger partial charge in [-0.3, -0.25) is 9.69 Å². The van der Waals surface area contributed by atoms with E-state index in [0.717, 1.165) is 10.4 Å². The van der Waals surface area contributed by atoms with Gasteiger partial charge in [0.1, 0.15) is 0 Å². The Bertz CT molecular complexity index is 876. The zero-order chi connectivity index (χ0) is 17.3. The summed E-state index contributed by atoms with van der Waals surface area (Å²) in [5, 5.41) is 9.02. The van der Waals surface area contributed by atoms with Crippen LogP contribution in [0.4, 0.5) is 5.82 Å². The SMILES string of the molecule is CN(C(=O)c1ccc(-c2cc(Cl)cc(Cl)c2)s1)c1ccc(Cl)nn1. The fourth-order valence-electron chi connectivity index (χ4n) is 2.06. The normalized spacial score (nSPS) is 10.7. The standard InChI is InChI=1S/C16H10Cl3N3OS/c1-22(15-5-4-14(19)20-21-15)16(23)13-3-2-12(24-13)9-6-10(17)8-11(18)7-9/h2-8H,1H3. The van der Waals surface area contributed by atoms with Crippen molar-refractivity contribution in [3.05, 3.63) is 62.5 Å². The van der Waals surface area contributed by atoms with Crippen LogP contribution < -0.4 is 4.90 Å². The van der Waals surface area contributed by atoms with E-state index >= 15 is 0 Å². The first-order chi connectivity index (χ1) is 11.4. The molecule has 3 aromatic rings. The van der Waals surface area contributed by atoms with Crippen molar-refractivity contribution in [1.29, 1.82) is 0 Å². The van der Waals surface area contributed by atoms with Gasteiger partial charge >= 0.3 is 0 Å². The van der Waals surface area contributed by atoms with Crippen molar-refractivity contribution in [2.24, 2.45) is 0 Å². The van der Waals surface area contributed by atoms with Crippen molar-refractivity contribution in [3.63, 3.8) is 0 Å². The predicted octanol–water partition coefficient (Wildman–Crippen LogP) is 5.44. The zero-order valence-corrected chi connectivity index (χ0v) is 15.4. The molecule has 3 rings (SSSR count). The fraction of sp³-hybridized carbons (Fsp3) is 0.0625. The molecule has 0 saturated heterocycles. The van der Waals surface area contributed by atoms with Crippen LogP contribution in [0.15, 0.2) is 42.5 Å². The highest BCUT2D eigenvalue weighted by atomic mass is 35.5. The second kappa shape index (κ2) is 7.07. The zero-order valence-electron chi connectivity index (χ0n) is 12.3. The fourth-order valence-corrected chi connectivity index (χ4v) is 3.66. The van der Waals surface area contributed by atoms with Crippen LogP contribution in [0.1, 0.15) is 9.67 Å². The van der Waals surface area contributed by atoms with E-state index in [0.29, 0.717) is 20.7 Å². The van der Waals surface area contributed by atoms with Crippen LogP contribution in [0, 0.1) is 0 Å². The molecule has 0 aliphatic heterocycles. The topological polar surface area (TPSA) is 46.1 Å². The number of amides is 1. The van der Waals surface area contributed by atoms with E-state index in [1.54, 1.807) is 31.3 Å². The number of halogens is 3. The van der Waals surface area contributed by atoms with Crippen LogP contribution >= 0.6 is 46.1 Å². The summed E-state index contributed by atoms with van der Waals surface area (Å²) in [6.45, 7) is 0. The molecule has 8 heteroatoms. The van der Waals surface area contributed by atoms with Gasteiger partial charge in [-0.05, 0) is 48.0 Å². The van der Waals surface area contributed by atoms with E-state index in [2.05, 4.69) is 10.2 Å². The van der Waals surface area contributed by atoms with Gasteiger partial charge in [-0.2, -0.15) is 0 Å². The molecule has 0 N–H and O–H groups in total. The van der Waals surface area contributed by atoms with E-state index < -0.39 is 0 Å². The largest absolute Gasteiger partial charge is 0.294 e. The first kappa shape index (κ1) is 17.2. The smallest absolute Gasteiger partial charge is 0.269 e. The molecular weight excluding hydrogens is 389 g/mol. The summed E-state index contributed by atoms with van der Waals surface area (Å²) in [5.41, 5.74) is 0.866. The Morgan fingerprint density at radius 1 is 1.00 bits per heavy atom. The van der Waals surface area contributed by atoms with Crippen LogP contribution in [-0.4, -0.2) is 23.2 Å². The Morgan fingerprint density at radius 3 is 2.33 bits per heavy atom. The number of hydrogen-bond donors (Lipinski definition) is 0. The number of anilines is 1. The number of carbonyl (C=O) groups excluding carboxylic acids is 1. The molecule has 0 unspecified atom stereocenters. The van der Waals surface area contributed by atoms with Crippen molar-refractivity contribution in [1.82, 2.24) is 10.2 Å². The van der Waals surface area contributed by atoms with Crippen LogP contribution in [0.5, 0.6) is 0 Å². The second-order valence-electron chi connectivity index (χ2n) is 4.90. The van der Waals surface area contributed by atoms with Gasteiger partial charge in [0.05, 0.1) is 4.88 Å². The van der Waals surface area contributed by atoms with Gasteiger partial charge in [0.2, 0.25) is 0 Å². The summed E-state index contributed by atoms with van der Waals surface area (Å²) >= 11 is 19.1. The minimum atomic E-state index is -0.184. The summed E-state index contributed by atoms with van der Waals surface area (Å²) in [4.78, 5) is 15.5. The van der Waals surface area contributed by atoms with Gasteiger partial charge in [0, 0.05) is 22.0 Å². The molecule has 0 aliphatic carbocycles. The van der Waals surface area contributed by atoms with Gasteiger partial charge in [0.15, 0.2) is 11.0 Å². The molecule has 0 radical (unpaired) electrons. The Kier molecular flexibility index (Phi) is 5.06. The highest BCUT2D eigenvalue weighted by Gasteiger charge is 2.18. The number of thiophene rings is 1. The Morgan fingerprint density at radius 2 is 1.71 bits per heavy atom. The number of rotatable bonds is 3. The molecule has 1 amide bonds. The molecule has 0 aliphatic rings. The molecule has 2 aromatic heterocycles. The molecule has 0 spiro atoms. The second-order valence-corrected chi connectivity index (χ2v) is 7.24. The van der Waals surface area contributed by atoms with Crippen molar-refractivity contribution < 1.29 is 4.79 Å². The lowest BCUT2D eigenvalue weighted by atomic mass is 10.2. The third-order valence-electron chi connectivity index (χ3n) is 3.23. The van der Waals surface area contributed by atoms with Gasteiger partial charge in [-0.15, -0.1) is 21.5 Å². The van der Waals surface area contributed by atoms with Gasteiger partial charge in [-0.1, -0.05) is 34.8 Å². The van der Waals surface area contributed by atoms with E-state index in [1.807, 2.05) is 18.2 Å². The van der Waals surface area contributed by atoms with Crippen molar-refractivity contribution in [2.45, 2.75) is 0 Å². The maximum absolute atomic E-state index is 12.6. The molecule has 0 fully saturated rings. The predicted molar refractivity (Wildman–Crippen MR) is 99.6 cm³/mol. The highest BCUT2D eigenvalue weighted by molar-refractivity contribution is 7.17. The number of aromatic nitrogens is 2. The van der Waals surface area contributed by atoms with E-state index in [1.165, 1.54) is 16.2 Å². The molecule has 4 nitrogen and oxygen atoms in total. The van der Waals surface area contributed by atoms with Gasteiger partial charge < -0.3 is 0 Å². The van der Waals surface area contributed by atoms with Crippen molar-refractivity contribution >= 4 is 57.9 Å². The molecule has 2 heterocycles. The van der Waals surface area contributed by atoms with Crippen molar-refractivity contribution in [2.75, 3.05) is 11.9 Å². The lowest BCUT2D eigenvalue weighted by molar-refractivity contribution is 0.0996. The van der Waals surface area contributed by atoms with E-state index in [9.17, 15) is 4.79 Å². The number of hydrogen-bond acceptors (Lipinski definition) is 4. The quantitative estimate of drug-likeness (QED) is 0.590. The van der Waals surface area contributed by atoms with Crippen LogP contribution in [0.2, 0.25) is 15.2 Å². The molecule has 0 atom stereocenters. The lowest BCUT2D eigenvalue weighted by Crippen LogP contribution is -2.26. The van der Waals surface area contributed by atoms with Gasteiger partial charge in [0.25, 0.3) is 5.91 Å². The first-order valence-electron chi connectivity index (χ1n) is 6.77. The molecule has 0 saturated carbocycles. The average molecular weight is 399 g/mol. The summed E-state index contributed by atoms with van der Waals surface area (Å²) in [6.07, 6.45) is 0. The molecule has 24 heavy (non-hydrogen) atoms. The Balaban J connectivity index is 1.86. The highest BCUT2D eigenvalue weighted by Crippen LogP contribution is 2.33. The van der Waals surface area contributed by atoms with Crippen molar-refractivity contribution in [3.8, 4) is 10.4 Å². The maximum Gasteiger partial charge on any atom is 0.269 e. The van der Waals surface area contributed by atoms with E-state index in [4.69, 9.17) is 34.8 Å². The maximum atomic E-state index is 12.6. The molecular formula is C16H10Cl3N3OS. The molecule has 122 valence electrons. The van der Waals surface area contributed by atoms with Gasteiger partial charge in [-0.25, -0.2) is 0 Å². The number of carbonyl (C=O) groups is 1. The summed E-state index contributed by atoms with van der Waals surface area (Å²) in [7, 11) is 1.63. The van der Waals surface area contributed by atoms with Crippen LogP contribution in [0.3, 0.4) is 0 Å². The van der Waals surface area contributed by atoms with Crippen LogP contribution in [-0.2, 0) is 0 Å². The van der Waals surface area contributed by atoms with Crippen LogP contribution in [0.25, 0.3) is 10.4 Å². The third-order valence-corrected chi connectivity index (χ3v) is 4.99. The number of nitrogens with zero attached hydrogens (tertiary/aromatic N) is 3. The van der Waals surface area contributed by atoms with E-state index in [-0.39, 0.29) is 11.1 Å². The minimum Gasteiger partial charge on any atom is -0.294 e. The monoisotopic (exact) mass is 397 g/mol. The molecule has 0 bridgehead atoms. The number of benzene rings is 1. The summed E-state index contributed by atoms with van der Waals surface area (Å²) in [6, 6.07) is 12.1. The lowest BCUT2D eigenvalue weighted by Gasteiger charge is -2.14. The summed E-state index contributed by atoms with van der Waals surface area (Å²) in [5.74, 6) is 0.237. The summed E-state index contributed by atoms with van der Waals surface area (Å²) < 4.78 is 0. The first-order valence-corrected chi connectivity index (χ1v) is 8.72. The third kappa shape index (κ3) is 3.70. The molecule has 1 aromatic carbocycles.